The molecule has 0 fully saturated rings. The first-order chi connectivity index (χ1) is 6.11. The summed E-state index contributed by atoms with van der Waals surface area (Å²) < 4.78 is 4.81. The zero-order valence-corrected chi connectivity index (χ0v) is 9.30. The van der Waals surface area contributed by atoms with Crippen LogP contribution >= 0.6 is 24.0 Å². The number of thiocarbonyl (C=S) groups is 1. The number of hydrogen-bond donors (Lipinski definition) is 0. The van der Waals surface area contributed by atoms with Gasteiger partial charge in [-0.15, -0.1) is 11.8 Å². The van der Waals surface area contributed by atoms with Crippen LogP contribution in [-0.2, 0) is 14.3 Å². The predicted octanol–water partition coefficient (Wildman–Crippen LogP) is 1.59. The fourth-order valence-corrected chi connectivity index (χ4v) is 1.14. The van der Waals surface area contributed by atoms with Crippen LogP contribution in [0.2, 0.25) is 0 Å². The minimum absolute atomic E-state index is 0.0635. The van der Waals surface area contributed by atoms with Gasteiger partial charge in [-0.1, -0.05) is 12.2 Å². The lowest BCUT2D eigenvalue weighted by Gasteiger charge is -1.99. The molecule has 0 N–H and O–H groups in total. The summed E-state index contributed by atoms with van der Waals surface area (Å²) in [5.41, 5.74) is 0. The largest absolute Gasteiger partial charge is 0.469 e. The Balaban J connectivity index is 3.59. The fraction of sp³-hybridized carbons (Fsp3) is 0.625. The van der Waals surface area contributed by atoms with Crippen LogP contribution in [0.5, 0.6) is 0 Å². The monoisotopic (exact) mass is 220 g/mol. The Hall–Kier alpha value is -0.420. The first-order valence-corrected chi connectivity index (χ1v) is 5.43. The van der Waals surface area contributed by atoms with Gasteiger partial charge < -0.3 is 4.74 Å². The Kier molecular flexibility index (Phi) is 6.80. The van der Waals surface area contributed by atoms with Gasteiger partial charge in [-0.25, -0.2) is 0 Å². The average molecular weight is 220 g/mol. The molecule has 0 rings (SSSR count). The van der Waals surface area contributed by atoms with Crippen molar-refractivity contribution in [3.63, 3.8) is 0 Å². The highest BCUT2D eigenvalue weighted by molar-refractivity contribution is 8.24. The molecule has 0 aromatic rings. The van der Waals surface area contributed by atoms with Crippen molar-refractivity contribution in [1.82, 2.24) is 0 Å². The zero-order valence-electron chi connectivity index (χ0n) is 7.66. The van der Waals surface area contributed by atoms with E-state index < -0.39 is 0 Å². The molecule has 0 unspecified atom stereocenters. The number of methoxy groups -OCH3 is 1. The molecule has 0 aliphatic carbocycles. The number of carbonyl (C=O) groups is 2. The van der Waals surface area contributed by atoms with Gasteiger partial charge >= 0.3 is 5.97 Å². The van der Waals surface area contributed by atoms with Crippen LogP contribution in [0, 0.1) is 0 Å². The molecule has 0 radical (unpaired) electrons. The van der Waals surface area contributed by atoms with Crippen molar-refractivity contribution in [3.05, 3.63) is 0 Å². The van der Waals surface area contributed by atoms with Crippen molar-refractivity contribution in [2.75, 3.05) is 13.4 Å². The van der Waals surface area contributed by atoms with Gasteiger partial charge in [-0.2, -0.15) is 0 Å². The lowest BCUT2D eigenvalue weighted by Crippen LogP contribution is -2.08. The zero-order chi connectivity index (χ0) is 10.3. The van der Waals surface area contributed by atoms with Crippen LogP contribution in [-0.4, -0.2) is 29.3 Å². The van der Waals surface area contributed by atoms with Crippen molar-refractivity contribution in [1.29, 1.82) is 0 Å². The molecule has 5 heteroatoms. The van der Waals surface area contributed by atoms with E-state index in [0.717, 1.165) is 0 Å². The molecule has 0 aliphatic rings. The second-order valence-corrected chi connectivity index (χ2v) is 3.83. The molecule has 0 aromatic carbocycles. The van der Waals surface area contributed by atoms with Crippen LogP contribution in [0.25, 0.3) is 0 Å². The van der Waals surface area contributed by atoms with E-state index in [1.165, 1.54) is 18.9 Å². The number of ketones is 1. The fourth-order valence-electron chi connectivity index (χ4n) is 0.711. The van der Waals surface area contributed by atoms with Gasteiger partial charge in [-0.05, 0) is 12.7 Å². The van der Waals surface area contributed by atoms with Crippen LogP contribution in [0.15, 0.2) is 0 Å². The second kappa shape index (κ2) is 7.03. The number of ether oxygens (including phenoxy) is 1. The summed E-state index contributed by atoms with van der Waals surface area (Å²) in [5.74, 6) is -0.353. The first-order valence-electron chi connectivity index (χ1n) is 3.79. The van der Waals surface area contributed by atoms with Crippen molar-refractivity contribution >= 4 is 39.9 Å². The third kappa shape index (κ3) is 5.76. The summed E-state index contributed by atoms with van der Waals surface area (Å²) in [6.07, 6.45) is 2.88. The van der Waals surface area contributed by atoms with E-state index >= 15 is 0 Å². The Morgan fingerprint density at radius 3 is 2.46 bits per heavy atom. The topological polar surface area (TPSA) is 43.4 Å². The molecule has 0 aliphatic heterocycles. The Bertz CT molecular complexity index is 213. The average Bonchev–Trinajstić information content (AvgIpc) is 2.15. The number of thioether (sulfide) groups is 1. The molecule has 3 nitrogen and oxygen atoms in total. The molecule has 0 heterocycles. The van der Waals surface area contributed by atoms with E-state index in [2.05, 4.69) is 4.74 Å². The summed E-state index contributed by atoms with van der Waals surface area (Å²) >= 11 is 6.05. The summed E-state index contributed by atoms with van der Waals surface area (Å²) in [7, 11) is 1.33. The Morgan fingerprint density at radius 1 is 1.38 bits per heavy atom. The molecule has 74 valence electrons. The molecule has 0 aromatic heterocycles. The van der Waals surface area contributed by atoms with Crippen molar-refractivity contribution < 1.29 is 14.3 Å². The maximum Gasteiger partial charge on any atom is 0.305 e. The predicted molar refractivity (Wildman–Crippen MR) is 57.0 cm³/mol. The van der Waals surface area contributed by atoms with Gasteiger partial charge in [-0.3, -0.25) is 9.59 Å². The highest BCUT2D eigenvalue weighted by Crippen LogP contribution is 2.05. The van der Waals surface area contributed by atoms with Crippen LogP contribution in [0.3, 0.4) is 0 Å². The van der Waals surface area contributed by atoms with Gasteiger partial charge in [0.1, 0.15) is 4.20 Å². The van der Waals surface area contributed by atoms with E-state index in [4.69, 9.17) is 12.2 Å². The normalized spacial score (nSPS) is 9.38. The number of Topliss-reactive ketones (excluding diaryl/α,β-unsaturated/α-hetero) is 1. The van der Waals surface area contributed by atoms with Gasteiger partial charge in [0.15, 0.2) is 5.78 Å². The molecule has 0 atom stereocenters. The van der Waals surface area contributed by atoms with E-state index in [1.807, 2.05) is 0 Å². The molecule has 0 saturated heterocycles. The second-order valence-electron chi connectivity index (χ2n) is 2.34. The maximum atomic E-state index is 11.1. The Labute approximate surface area is 87.2 Å². The molecule has 0 saturated carbocycles. The SMILES string of the molecule is COC(=O)CCCC(=O)C(=S)SC. The molecule has 0 amide bonds. The lowest BCUT2D eigenvalue weighted by atomic mass is 10.2. The first kappa shape index (κ1) is 12.6. The summed E-state index contributed by atoms with van der Waals surface area (Å²) in [4.78, 5) is 21.8. The van der Waals surface area contributed by atoms with Crippen LogP contribution in [0.4, 0.5) is 0 Å². The van der Waals surface area contributed by atoms with Crippen molar-refractivity contribution in [2.45, 2.75) is 19.3 Å². The van der Waals surface area contributed by atoms with E-state index in [1.54, 1.807) is 6.26 Å². The van der Waals surface area contributed by atoms with Crippen molar-refractivity contribution in [3.8, 4) is 0 Å². The summed E-state index contributed by atoms with van der Waals surface area (Å²) in [6.45, 7) is 0. The molecular formula is C8H12O3S2. The van der Waals surface area contributed by atoms with Crippen molar-refractivity contribution in [2.24, 2.45) is 0 Å². The quantitative estimate of drug-likeness (QED) is 0.520. The van der Waals surface area contributed by atoms with Gasteiger partial charge in [0.05, 0.1) is 7.11 Å². The maximum absolute atomic E-state index is 11.1. The van der Waals surface area contributed by atoms with E-state index in [0.29, 0.717) is 17.0 Å². The summed E-state index contributed by atoms with van der Waals surface area (Å²) in [5, 5.41) is 0. The molecule has 0 spiro atoms. The number of esters is 1. The third-order valence-corrected chi connectivity index (χ3v) is 2.75. The smallest absolute Gasteiger partial charge is 0.305 e. The molecule has 13 heavy (non-hydrogen) atoms. The van der Waals surface area contributed by atoms with Crippen LogP contribution < -0.4 is 0 Å². The van der Waals surface area contributed by atoms with E-state index in [9.17, 15) is 9.59 Å². The number of hydrogen-bond acceptors (Lipinski definition) is 5. The molecular weight excluding hydrogens is 208 g/mol. The van der Waals surface area contributed by atoms with E-state index in [-0.39, 0.29) is 18.2 Å². The minimum Gasteiger partial charge on any atom is -0.469 e. The van der Waals surface area contributed by atoms with Crippen LogP contribution in [0.1, 0.15) is 19.3 Å². The Morgan fingerprint density at radius 2 is 2.00 bits per heavy atom. The highest BCUT2D eigenvalue weighted by atomic mass is 32.2. The summed E-state index contributed by atoms with van der Waals surface area (Å²) in [6, 6.07) is 0. The van der Waals surface area contributed by atoms with Gasteiger partial charge in [0.25, 0.3) is 0 Å². The minimum atomic E-state index is -0.289. The highest BCUT2D eigenvalue weighted by Gasteiger charge is 2.08. The number of carbonyl (C=O) groups excluding carboxylic acids is 2. The van der Waals surface area contributed by atoms with Gasteiger partial charge in [0.2, 0.25) is 0 Å². The lowest BCUT2D eigenvalue weighted by molar-refractivity contribution is -0.140. The van der Waals surface area contributed by atoms with Gasteiger partial charge in [0, 0.05) is 12.8 Å². The standard InChI is InChI=1S/C8H12O3S2/c1-11-7(10)5-3-4-6(9)8(12)13-2/h3-5H2,1-2H3. The molecule has 0 bridgehead atoms. The number of rotatable bonds is 5. The third-order valence-electron chi connectivity index (χ3n) is 1.43.